The molecule has 0 unspecified atom stereocenters. The zero-order valence-electron chi connectivity index (χ0n) is 8.20. The number of carbonyl (C=O) groups is 2. The topological polar surface area (TPSA) is 76.7 Å². The molecule has 0 aromatic rings. The van der Waals surface area contributed by atoms with Crippen LogP contribution in [0.5, 0.6) is 0 Å². The minimum Gasteiger partial charge on any atom is -0.350 e. The molecule has 0 spiro atoms. The van der Waals surface area contributed by atoms with E-state index in [9.17, 15) is 9.59 Å². The SMILES string of the molecule is CCO[C@H]1NC(=O)[C@H](OCC)NC1=O. The third kappa shape index (κ3) is 2.43. The fourth-order valence-corrected chi connectivity index (χ4v) is 1.11. The van der Waals surface area contributed by atoms with Gasteiger partial charge in [-0.1, -0.05) is 0 Å². The first-order valence-corrected chi connectivity index (χ1v) is 4.53. The molecule has 0 radical (unpaired) electrons. The molecular weight excluding hydrogens is 188 g/mol. The van der Waals surface area contributed by atoms with Crippen molar-refractivity contribution in [3.63, 3.8) is 0 Å². The van der Waals surface area contributed by atoms with Crippen molar-refractivity contribution in [2.45, 2.75) is 26.3 Å². The molecule has 1 heterocycles. The van der Waals surface area contributed by atoms with Crippen LogP contribution in [0.1, 0.15) is 13.8 Å². The molecule has 1 fully saturated rings. The number of ether oxygens (including phenoxy) is 2. The van der Waals surface area contributed by atoms with Crippen molar-refractivity contribution in [3.05, 3.63) is 0 Å². The fraction of sp³-hybridized carbons (Fsp3) is 0.750. The van der Waals surface area contributed by atoms with Gasteiger partial charge in [-0.15, -0.1) is 0 Å². The highest BCUT2D eigenvalue weighted by Gasteiger charge is 2.34. The van der Waals surface area contributed by atoms with Gasteiger partial charge < -0.3 is 20.1 Å². The lowest BCUT2D eigenvalue weighted by atomic mass is 10.3. The predicted octanol–water partition coefficient (Wildman–Crippen LogP) is -1.04. The normalized spacial score (nSPS) is 27.0. The fourth-order valence-electron chi connectivity index (χ4n) is 1.11. The van der Waals surface area contributed by atoms with E-state index in [-0.39, 0.29) is 11.8 Å². The maximum absolute atomic E-state index is 11.3. The first-order chi connectivity index (χ1) is 6.69. The van der Waals surface area contributed by atoms with E-state index in [1.807, 2.05) is 0 Å². The average molecular weight is 202 g/mol. The average Bonchev–Trinajstić information content (AvgIpc) is 2.14. The van der Waals surface area contributed by atoms with Crippen LogP contribution in [-0.4, -0.2) is 37.5 Å². The van der Waals surface area contributed by atoms with Crippen LogP contribution in [0.2, 0.25) is 0 Å². The molecule has 1 saturated heterocycles. The Bertz CT molecular complexity index is 207. The zero-order valence-corrected chi connectivity index (χ0v) is 8.20. The number of carbonyl (C=O) groups excluding carboxylic acids is 2. The van der Waals surface area contributed by atoms with Gasteiger partial charge in [0.1, 0.15) is 0 Å². The van der Waals surface area contributed by atoms with Gasteiger partial charge in [0.05, 0.1) is 0 Å². The zero-order chi connectivity index (χ0) is 10.6. The van der Waals surface area contributed by atoms with Crippen LogP contribution in [0, 0.1) is 0 Å². The summed E-state index contributed by atoms with van der Waals surface area (Å²) in [6.07, 6.45) is -1.80. The summed E-state index contributed by atoms with van der Waals surface area (Å²) in [7, 11) is 0. The summed E-state index contributed by atoms with van der Waals surface area (Å²) in [5.41, 5.74) is 0. The van der Waals surface area contributed by atoms with Gasteiger partial charge >= 0.3 is 0 Å². The van der Waals surface area contributed by atoms with Crippen molar-refractivity contribution >= 4 is 11.8 Å². The van der Waals surface area contributed by atoms with Gasteiger partial charge in [-0.2, -0.15) is 0 Å². The van der Waals surface area contributed by atoms with Gasteiger partial charge in [-0.25, -0.2) is 0 Å². The molecule has 2 amide bonds. The molecule has 14 heavy (non-hydrogen) atoms. The molecule has 1 aliphatic rings. The quantitative estimate of drug-likeness (QED) is 0.610. The summed E-state index contributed by atoms with van der Waals surface area (Å²) in [6, 6.07) is 0. The van der Waals surface area contributed by atoms with Crippen molar-refractivity contribution in [3.8, 4) is 0 Å². The molecular formula is C8H14N2O4. The highest BCUT2D eigenvalue weighted by molar-refractivity contribution is 5.95. The summed E-state index contributed by atoms with van der Waals surface area (Å²) in [4.78, 5) is 22.6. The molecule has 0 aromatic carbocycles. The Morgan fingerprint density at radius 2 is 1.36 bits per heavy atom. The summed E-state index contributed by atoms with van der Waals surface area (Å²) < 4.78 is 9.98. The Hall–Kier alpha value is -1.14. The second-order valence-corrected chi connectivity index (χ2v) is 2.69. The maximum atomic E-state index is 11.3. The van der Waals surface area contributed by atoms with Gasteiger partial charge in [0, 0.05) is 13.2 Å². The predicted molar refractivity (Wildman–Crippen MR) is 47.1 cm³/mol. The number of hydrogen-bond donors (Lipinski definition) is 2. The van der Waals surface area contributed by atoms with E-state index >= 15 is 0 Å². The van der Waals surface area contributed by atoms with Crippen LogP contribution < -0.4 is 10.6 Å². The van der Waals surface area contributed by atoms with E-state index in [2.05, 4.69) is 10.6 Å². The van der Waals surface area contributed by atoms with Crippen molar-refractivity contribution < 1.29 is 19.1 Å². The number of amides is 2. The highest BCUT2D eigenvalue weighted by Crippen LogP contribution is 2.00. The maximum Gasteiger partial charge on any atom is 0.272 e. The Balaban J connectivity index is 2.53. The minimum atomic E-state index is -0.899. The first-order valence-electron chi connectivity index (χ1n) is 4.53. The van der Waals surface area contributed by atoms with E-state index in [1.54, 1.807) is 13.8 Å². The van der Waals surface area contributed by atoms with Gasteiger partial charge in [-0.3, -0.25) is 9.59 Å². The Morgan fingerprint density at radius 1 is 1.00 bits per heavy atom. The molecule has 80 valence electrons. The van der Waals surface area contributed by atoms with Gasteiger partial charge in [0.15, 0.2) is 0 Å². The standard InChI is InChI=1S/C8H14N2O4/c1-3-13-7-5(11)10-8(14-4-2)6(12)9-7/h7-8H,3-4H2,1-2H3,(H,9,12)(H,10,11)/t7-,8+. The summed E-state index contributed by atoms with van der Waals surface area (Å²) in [5.74, 6) is -0.769. The number of hydrogen-bond acceptors (Lipinski definition) is 4. The van der Waals surface area contributed by atoms with Crippen LogP contribution in [0.3, 0.4) is 0 Å². The molecule has 0 aromatic heterocycles. The Morgan fingerprint density at radius 3 is 1.64 bits per heavy atom. The lowest BCUT2D eigenvalue weighted by molar-refractivity contribution is -0.159. The largest absolute Gasteiger partial charge is 0.350 e. The summed E-state index contributed by atoms with van der Waals surface area (Å²) in [6.45, 7) is 4.21. The van der Waals surface area contributed by atoms with Gasteiger partial charge in [0.2, 0.25) is 12.5 Å². The molecule has 2 N–H and O–H groups in total. The molecule has 1 aliphatic heterocycles. The molecule has 0 aliphatic carbocycles. The van der Waals surface area contributed by atoms with Crippen LogP contribution in [0.15, 0.2) is 0 Å². The number of nitrogens with one attached hydrogen (secondary N) is 2. The highest BCUT2D eigenvalue weighted by atomic mass is 16.5. The third-order valence-corrected chi connectivity index (χ3v) is 1.69. The van der Waals surface area contributed by atoms with E-state index in [0.717, 1.165) is 0 Å². The minimum absolute atomic E-state index is 0.359. The van der Waals surface area contributed by atoms with Crippen molar-refractivity contribution in [2.75, 3.05) is 13.2 Å². The third-order valence-electron chi connectivity index (χ3n) is 1.69. The number of piperazine rings is 1. The Labute approximate surface area is 81.9 Å². The monoisotopic (exact) mass is 202 g/mol. The second kappa shape index (κ2) is 4.92. The number of rotatable bonds is 4. The van der Waals surface area contributed by atoms with Gasteiger partial charge in [0.25, 0.3) is 11.8 Å². The van der Waals surface area contributed by atoms with Crippen LogP contribution >= 0.6 is 0 Å². The summed E-state index contributed by atoms with van der Waals surface area (Å²) >= 11 is 0. The second-order valence-electron chi connectivity index (χ2n) is 2.69. The van der Waals surface area contributed by atoms with Crippen LogP contribution in [0.4, 0.5) is 0 Å². The molecule has 0 bridgehead atoms. The van der Waals surface area contributed by atoms with Crippen molar-refractivity contribution in [1.29, 1.82) is 0 Å². The molecule has 1 rings (SSSR count). The Kier molecular flexibility index (Phi) is 3.84. The first kappa shape index (κ1) is 10.9. The molecule has 6 heteroatoms. The molecule has 2 atom stereocenters. The molecule has 6 nitrogen and oxygen atoms in total. The van der Waals surface area contributed by atoms with Crippen LogP contribution in [-0.2, 0) is 19.1 Å². The van der Waals surface area contributed by atoms with E-state index < -0.39 is 12.5 Å². The van der Waals surface area contributed by atoms with E-state index in [1.165, 1.54) is 0 Å². The van der Waals surface area contributed by atoms with Crippen molar-refractivity contribution in [2.24, 2.45) is 0 Å². The van der Waals surface area contributed by atoms with Crippen LogP contribution in [0.25, 0.3) is 0 Å². The lowest BCUT2D eigenvalue weighted by Crippen LogP contribution is -2.63. The van der Waals surface area contributed by atoms with Gasteiger partial charge in [-0.05, 0) is 13.8 Å². The smallest absolute Gasteiger partial charge is 0.272 e. The van der Waals surface area contributed by atoms with E-state index in [4.69, 9.17) is 9.47 Å². The van der Waals surface area contributed by atoms with Crippen molar-refractivity contribution in [1.82, 2.24) is 10.6 Å². The summed E-state index contributed by atoms with van der Waals surface area (Å²) in [5, 5.41) is 4.81. The molecule has 0 saturated carbocycles. The van der Waals surface area contributed by atoms with E-state index in [0.29, 0.717) is 13.2 Å². The lowest BCUT2D eigenvalue weighted by Gasteiger charge is -2.28.